The molecule has 2 unspecified atom stereocenters. The summed E-state index contributed by atoms with van der Waals surface area (Å²) in [6.45, 7) is 9.36. The fraction of sp³-hybridized carbons (Fsp3) is 0.424. The van der Waals surface area contributed by atoms with E-state index in [1.54, 1.807) is 7.11 Å². The van der Waals surface area contributed by atoms with Gasteiger partial charge in [-0.05, 0) is 62.9 Å². The second-order valence-electron chi connectivity index (χ2n) is 11.5. The van der Waals surface area contributed by atoms with E-state index < -0.39 is 0 Å². The molecule has 0 spiro atoms. The van der Waals surface area contributed by atoms with Crippen molar-refractivity contribution in [2.45, 2.75) is 32.6 Å². The zero-order chi connectivity index (χ0) is 30.2. The summed E-state index contributed by atoms with van der Waals surface area (Å²) in [5.41, 5.74) is 5.39. The zero-order valence-corrected chi connectivity index (χ0v) is 25.6. The minimum atomic E-state index is 0.0867. The summed E-state index contributed by atoms with van der Waals surface area (Å²) in [7, 11) is 3.64. The van der Waals surface area contributed by atoms with Crippen molar-refractivity contribution >= 4 is 22.8 Å². The number of hydrogen-bond donors (Lipinski definition) is 1. The van der Waals surface area contributed by atoms with Crippen molar-refractivity contribution in [1.29, 1.82) is 0 Å². The van der Waals surface area contributed by atoms with Crippen LogP contribution in [0.3, 0.4) is 0 Å². The fourth-order valence-electron chi connectivity index (χ4n) is 6.32. The molecule has 2 fully saturated rings. The first kappa shape index (κ1) is 28.6. The number of hydrogen-bond acceptors (Lipinski definition) is 11. The van der Waals surface area contributed by atoms with E-state index in [0.29, 0.717) is 31.4 Å². The topological polar surface area (TPSA) is 103 Å². The number of benzene rings is 2. The zero-order valence-electron chi connectivity index (χ0n) is 25.6. The molecule has 0 amide bonds. The second-order valence-corrected chi connectivity index (χ2v) is 11.5. The average Bonchev–Trinajstić information content (AvgIpc) is 3.52. The maximum absolute atomic E-state index is 6.00. The Kier molecular flexibility index (Phi) is 7.84. The van der Waals surface area contributed by atoms with Gasteiger partial charge in [0.2, 0.25) is 12.7 Å². The van der Waals surface area contributed by atoms with E-state index in [1.165, 1.54) is 0 Å². The summed E-state index contributed by atoms with van der Waals surface area (Å²) < 4.78 is 28.9. The van der Waals surface area contributed by atoms with E-state index in [1.807, 2.05) is 25.2 Å². The average molecular weight is 599 g/mol. The molecule has 11 nitrogen and oxygen atoms in total. The number of morpholine rings is 2. The molecule has 2 atom stereocenters. The molecule has 3 aliphatic rings. The monoisotopic (exact) mass is 598 g/mol. The molecule has 0 aliphatic carbocycles. The van der Waals surface area contributed by atoms with Crippen LogP contribution in [-0.2, 0) is 16.0 Å². The summed E-state index contributed by atoms with van der Waals surface area (Å²) in [5.74, 6) is 3.84. The van der Waals surface area contributed by atoms with Gasteiger partial charge in [-0.25, -0.2) is 4.98 Å². The van der Waals surface area contributed by atoms with Crippen molar-refractivity contribution in [3.63, 3.8) is 0 Å². The van der Waals surface area contributed by atoms with Gasteiger partial charge in [-0.2, -0.15) is 9.97 Å². The molecular weight excluding hydrogens is 560 g/mol. The predicted molar refractivity (Wildman–Crippen MR) is 169 cm³/mol. The van der Waals surface area contributed by atoms with Crippen LogP contribution >= 0.6 is 0 Å². The lowest BCUT2D eigenvalue weighted by atomic mass is 9.96. The Hall–Kier alpha value is -4.19. The summed E-state index contributed by atoms with van der Waals surface area (Å²) in [6.07, 6.45) is 0.173. The van der Waals surface area contributed by atoms with Crippen LogP contribution in [0.4, 0.5) is 11.8 Å². The number of ether oxygens (including phenoxy) is 5. The summed E-state index contributed by atoms with van der Waals surface area (Å²) in [4.78, 5) is 19.8. The van der Waals surface area contributed by atoms with Gasteiger partial charge >= 0.3 is 0 Å². The molecule has 4 aromatic rings. The Morgan fingerprint density at radius 3 is 2.45 bits per heavy atom. The molecule has 7 rings (SSSR count). The molecule has 44 heavy (non-hydrogen) atoms. The van der Waals surface area contributed by atoms with Crippen molar-refractivity contribution in [2.24, 2.45) is 0 Å². The number of nitrogens with zero attached hydrogens (tertiary/aromatic N) is 5. The van der Waals surface area contributed by atoms with Gasteiger partial charge in [0.25, 0.3) is 0 Å². The van der Waals surface area contributed by atoms with E-state index in [0.717, 1.165) is 82.6 Å². The highest BCUT2D eigenvalue weighted by Crippen LogP contribution is 2.42. The number of nitrogens with one attached hydrogen (secondary N) is 1. The molecule has 0 bridgehead atoms. The first-order valence-corrected chi connectivity index (χ1v) is 15.2. The smallest absolute Gasteiger partial charge is 0.231 e. The van der Waals surface area contributed by atoms with Gasteiger partial charge in [-0.15, -0.1) is 0 Å². The number of fused-ring (bicyclic) bond motifs is 2. The van der Waals surface area contributed by atoms with Crippen LogP contribution in [0.1, 0.15) is 19.4 Å². The van der Waals surface area contributed by atoms with Crippen LogP contribution in [0.25, 0.3) is 33.4 Å². The lowest BCUT2D eigenvalue weighted by Gasteiger charge is -2.36. The third-order valence-corrected chi connectivity index (χ3v) is 8.26. The van der Waals surface area contributed by atoms with Crippen molar-refractivity contribution in [3.8, 4) is 39.6 Å². The second kappa shape index (κ2) is 12.1. The lowest BCUT2D eigenvalue weighted by molar-refractivity contribution is -0.00570. The fourth-order valence-corrected chi connectivity index (χ4v) is 6.32. The maximum Gasteiger partial charge on any atom is 0.231 e. The number of aromatic nitrogens is 3. The summed E-state index contributed by atoms with van der Waals surface area (Å²) in [6, 6.07) is 14.4. The highest BCUT2D eigenvalue weighted by molar-refractivity contribution is 5.90. The molecule has 0 saturated carbocycles. The van der Waals surface area contributed by atoms with Crippen LogP contribution in [0.5, 0.6) is 17.2 Å². The Labute approximate surface area is 257 Å². The molecule has 11 heteroatoms. The normalized spacial score (nSPS) is 19.9. The van der Waals surface area contributed by atoms with Crippen molar-refractivity contribution in [3.05, 3.63) is 48.0 Å². The Balaban J connectivity index is 1.36. The van der Waals surface area contributed by atoms with E-state index in [4.69, 9.17) is 38.6 Å². The number of pyridine rings is 1. The minimum absolute atomic E-state index is 0.0867. The van der Waals surface area contributed by atoms with E-state index in [-0.39, 0.29) is 19.0 Å². The van der Waals surface area contributed by atoms with E-state index in [2.05, 4.69) is 53.2 Å². The number of rotatable bonds is 7. The molecule has 0 radical (unpaired) electrons. The van der Waals surface area contributed by atoms with Crippen LogP contribution in [-0.4, -0.2) is 87.5 Å². The van der Waals surface area contributed by atoms with Gasteiger partial charge in [0, 0.05) is 49.4 Å². The molecule has 1 N–H and O–H groups in total. The molecule has 3 aliphatic heterocycles. The van der Waals surface area contributed by atoms with Crippen LogP contribution in [0.2, 0.25) is 0 Å². The Morgan fingerprint density at radius 1 is 0.886 bits per heavy atom. The highest BCUT2D eigenvalue weighted by atomic mass is 16.7. The predicted octanol–water partition coefficient (Wildman–Crippen LogP) is 4.27. The minimum Gasteiger partial charge on any atom is -0.496 e. The highest BCUT2D eigenvalue weighted by Gasteiger charge is 2.27. The molecule has 5 heterocycles. The van der Waals surface area contributed by atoms with Gasteiger partial charge in [-0.3, -0.25) is 0 Å². The Bertz CT molecular complexity index is 1670. The van der Waals surface area contributed by atoms with Crippen LogP contribution in [0.15, 0.2) is 42.5 Å². The Morgan fingerprint density at radius 2 is 1.68 bits per heavy atom. The lowest BCUT2D eigenvalue weighted by Crippen LogP contribution is -2.46. The van der Waals surface area contributed by atoms with Crippen LogP contribution < -0.4 is 29.3 Å². The molecule has 2 aromatic carbocycles. The van der Waals surface area contributed by atoms with Gasteiger partial charge in [0.05, 0.1) is 43.6 Å². The SMILES string of the molecule is CNCc1cc(-c2ccc3c(N4CCOCC4)nc(N4CC(C)OC(C)C4)nc3n2)cc(-c2ccc3c(c2)OCO3)c1OC. The van der Waals surface area contributed by atoms with Gasteiger partial charge < -0.3 is 38.8 Å². The molecule has 230 valence electrons. The van der Waals surface area contributed by atoms with Gasteiger partial charge in [-0.1, -0.05) is 6.07 Å². The quantitative estimate of drug-likeness (QED) is 0.330. The van der Waals surface area contributed by atoms with Gasteiger partial charge in [0.15, 0.2) is 17.1 Å². The molecule has 2 aromatic heterocycles. The number of methoxy groups -OCH3 is 1. The summed E-state index contributed by atoms with van der Waals surface area (Å²) >= 11 is 0. The van der Waals surface area contributed by atoms with Gasteiger partial charge in [0.1, 0.15) is 11.6 Å². The van der Waals surface area contributed by atoms with Crippen molar-refractivity contribution in [1.82, 2.24) is 20.3 Å². The van der Waals surface area contributed by atoms with E-state index >= 15 is 0 Å². The van der Waals surface area contributed by atoms with E-state index in [9.17, 15) is 0 Å². The molecular formula is C33H38N6O5. The first-order chi connectivity index (χ1) is 21.5. The van der Waals surface area contributed by atoms with Crippen molar-refractivity contribution < 1.29 is 23.7 Å². The number of anilines is 2. The third-order valence-electron chi connectivity index (χ3n) is 8.26. The standard InChI is InChI=1S/C33H38N6O5/c1-20-17-39(18-21(2)44-20)33-36-31-25(32(37-33)38-9-11-41-12-10-38)6-7-27(35-31)23-13-24(16-34-3)30(40-4)26(14-23)22-5-8-28-29(15-22)43-19-42-28/h5-8,13-15,20-21,34H,9-12,16-19H2,1-4H3. The van der Waals surface area contributed by atoms with Crippen molar-refractivity contribution in [2.75, 3.05) is 70.1 Å². The first-order valence-electron chi connectivity index (χ1n) is 15.2. The molecule has 2 saturated heterocycles. The largest absolute Gasteiger partial charge is 0.496 e. The maximum atomic E-state index is 6.00. The summed E-state index contributed by atoms with van der Waals surface area (Å²) in [5, 5.41) is 4.21. The third kappa shape index (κ3) is 5.47. The van der Waals surface area contributed by atoms with Crippen LogP contribution in [0, 0.1) is 0 Å².